The van der Waals surface area contributed by atoms with E-state index in [-0.39, 0.29) is 73.5 Å². The van der Waals surface area contributed by atoms with Gasteiger partial charge in [-0.1, -0.05) is 17.7 Å². The minimum atomic E-state index is -4.75. The molecule has 14 heteroatoms. The zero-order valence-corrected chi connectivity index (χ0v) is 24.0. The van der Waals surface area contributed by atoms with Crippen molar-refractivity contribution in [2.45, 2.75) is 44.3 Å². The topological polar surface area (TPSA) is 78.8 Å². The summed E-state index contributed by atoms with van der Waals surface area (Å²) in [6.07, 6.45) is -8.13. The fraction of sp³-hybridized carbons (Fsp3) is 0.483. The van der Waals surface area contributed by atoms with Crippen LogP contribution in [-0.2, 0) is 23.1 Å². The second kappa shape index (κ2) is 11.4. The number of aromatic nitrogens is 2. The quantitative estimate of drug-likeness (QED) is 0.347. The number of benzene rings is 1. The predicted octanol–water partition coefficient (Wildman–Crippen LogP) is 5.80. The number of aliphatic hydroxyl groups is 1. The molecule has 0 radical (unpaired) electrons. The van der Waals surface area contributed by atoms with Crippen molar-refractivity contribution in [3.63, 3.8) is 0 Å². The highest BCUT2D eigenvalue weighted by Gasteiger charge is 2.48. The summed E-state index contributed by atoms with van der Waals surface area (Å²) >= 11 is 6.87. The second-order valence-electron chi connectivity index (χ2n) is 11.1. The number of hydrogen-bond donors (Lipinski definition) is 1. The van der Waals surface area contributed by atoms with Gasteiger partial charge in [-0.25, -0.2) is 4.98 Å². The van der Waals surface area contributed by atoms with Gasteiger partial charge in [0.2, 0.25) is 11.8 Å². The summed E-state index contributed by atoms with van der Waals surface area (Å²) in [5.74, 6) is -2.05. The van der Waals surface area contributed by atoms with Crippen LogP contribution in [0.5, 0.6) is 5.88 Å². The van der Waals surface area contributed by atoms with Crippen LogP contribution in [0.25, 0.3) is 10.9 Å². The molecule has 0 aliphatic carbocycles. The Kier molecular flexibility index (Phi) is 8.29. The molecule has 43 heavy (non-hydrogen) atoms. The van der Waals surface area contributed by atoms with E-state index in [4.69, 9.17) is 16.3 Å². The van der Waals surface area contributed by atoms with Crippen molar-refractivity contribution in [3.8, 4) is 5.88 Å². The number of methoxy groups -OCH3 is 1. The largest absolute Gasteiger partial charge is 0.481 e. The maximum Gasteiger partial charge on any atom is 0.433 e. The number of rotatable bonds is 6. The van der Waals surface area contributed by atoms with Crippen LogP contribution in [0.2, 0.25) is 5.02 Å². The van der Waals surface area contributed by atoms with Gasteiger partial charge in [0.25, 0.3) is 0 Å². The standard InChI is InChI=1S/C29H29ClF6N4O3/c1-16(41)40-13-20(14-40)27(42,19-5-8-37-24(12-19)29(34,35)36)18-3-4-23-21(11-18)25(30)22(26(38-23)43-2)15-39-9-6-17(7-10-39)28(31,32)33/h3-5,8,11-12,17,20,42H,6-7,9-10,13-15H2,1-2H3. The Balaban J connectivity index is 1.55. The highest BCUT2D eigenvalue weighted by atomic mass is 35.5. The minimum absolute atomic E-state index is 0.0484. The lowest BCUT2D eigenvalue weighted by Gasteiger charge is -2.48. The number of fused-ring (bicyclic) bond motifs is 1. The van der Waals surface area contributed by atoms with E-state index in [2.05, 4.69) is 9.97 Å². The Bertz CT molecular complexity index is 1520. The summed E-state index contributed by atoms with van der Waals surface area (Å²) in [5, 5.41) is 12.8. The van der Waals surface area contributed by atoms with Crippen LogP contribution >= 0.6 is 11.6 Å². The van der Waals surface area contributed by atoms with Crippen molar-refractivity contribution in [1.82, 2.24) is 19.8 Å². The first kappa shape index (κ1) is 31.3. The molecule has 7 nitrogen and oxygen atoms in total. The van der Waals surface area contributed by atoms with Gasteiger partial charge in [-0.3, -0.25) is 14.7 Å². The van der Waals surface area contributed by atoms with Crippen molar-refractivity contribution < 1.29 is 41.0 Å². The van der Waals surface area contributed by atoms with Crippen molar-refractivity contribution >= 4 is 28.4 Å². The number of pyridine rings is 2. The summed E-state index contributed by atoms with van der Waals surface area (Å²) in [4.78, 5) is 23.1. The fourth-order valence-corrected chi connectivity index (χ4v) is 6.18. The van der Waals surface area contributed by atoms with Crippen LogP contribution in [0.1, 0.15) is 42.1 Å². The average molecular weight is 631 g/mol. The van der Waals surface area contributed by atoms with E-state index < -0.39 is 35.5 Å². The molecule has 1 aromatic carbocycles. The predicted molar refractivity (Wildman–Crippen MR) is 145 cm³/mol. The molecule has 0 spiro atoms. The molecule has 1 unspecified atom stereocenters. The summed E-state index contributed by atoms with van der Waals surface area (Å²) < 4.78 is 85.7. The Labute approximate surface area is 248 Å². The number of halogens is 7. The molecule has 2 aromatic heterocycles. The summed E-state index contributed by atoms with van der Waals surface area (Å²) in [6.45, 7) is 2.15. The van der Waals surface area contributed by atoms with Crippen LogP contribution in [-0.4, -0.2) is 70.2 Å². The number of alkyl halides is 6. The first-order valence-electron chi connectivity index (χ1n) is 13.6. The summed E-state index contributed by atoms with van der Waals surface area (Å²) in [7, 11) is 1.40. The number of carbonyl (C=O) groups excluding carboxylic acids is 1. The van der Waals surface area contributed by atoms with E-state index in [0.29, 0.717) is 16.5 Å². The van der Waals surface area contributed by atoms with Gasteiger partial charge in [0.05, 0.1) is 23.6 Å². The van der Waals surface area contributed by atoms with Gasteiger partial charge in [0.15, 0.2) is 0 Å². The molecule has 1 N–H and O–H groups in total. The zero-order valence-electron chi connectivity index (χ0n) is 23.3. The van der Waals surface area contributed by atoms with E-state index in [1.54, 1.807) is 12.1 Å². The van der Waals surface area contributed by atoms with Gasteiger partial charge < -0.3 is 14.7 Å². The summed E-state index contributed by atoms with van der Waals surface area (Å²) in [6, 6.07) is 6.75. The van der Waals surface area contributed by atoms with Gasteiger partial charge in [-0.15, -0.1) is 0 Å². The molecule has 0 saturated carbocycles. The lowest BCUT2D eigenvalue weighted by atomic mass is 9.72. The molecule has 2 saturated heterocycles. The van der Waals surface area contributed by atoms with E-state index in [1.807, 2.05) is 4.90 Å². The number of hydrogen-bond acceptors (Lipinski definition) is 6. The maximum atomic E-state index is 13.6. The van der Waals surface area contributed by atoms with Crippen molar-refractivity contribution in [2.75, 3.05) is 33.3 Å². The highest BCUT2D eigenvalue weighted by molar-refractivity contribution is 6.36. The Morgan fingerprint density at radius 3 is 2.28 bits per heavy atom. The SMILES string of the molecule is COc1nc2ccc(C(O)(c3ccnc(C(F)(F)F)c3)C3CN(C(C)=O)C3)cc2c(Cl)c1CN1CCC(C(F)(F)F)CC1. The van der Waals surface area contributed by atoms with Crippen molar-refractivity contribution in [1.29, 1.82) is 0 Å². The normalized spacial score (nSPS) is 18.9. The second-order valence-corrected chi connectivity index (χ2v) is 11.4. The number of ether oxygens (including phenoxy) is 1. The Morgan fingerprint density at radius 1 is 1.05 bits per heavy atom. The van der Waals surface area contributed by atoms with E-state index >= 15 is 0 Å². The van der Waals surface area contributed by atoms with Gasteiger partial charge in [0, 0.05) is 49.6 Å². The van der Waals surface area contributed by atoms with E-state index in [9.17, 15) is 36.2 Å². The first-order chi connectivity index (χ1) is 20.1. The van der Waals surface area contributed by atoms with Crippen LogP contribution in [0.15, 0.2) is 36.5 Å². The van der Waals surface area contributed by atoms with Crippen molar-refractivity contribution in [3.05, 3.63) is 63.9 Å². The van der Waals surface area contributed by atoms with Gasteiger partial charge in [-0.05, 0) is 61.3 Å². The summed E-state index contributed by atoms with van der Waals surface area (Å²) in [5.41, 5.74) is -2.11. The fourth-order valence-electron chi connectivity index (χ4n) is 5.89. The zero-order chi connectivity index (χ0) is 31.3. The Morgan fingerprint density at radius 2 is 1.70 bits per heavy atom. The Hall–Kier alpha value is -3.16. The molecule has 2 aliphatic rings. The van der Waals surface area contributed by atoms with Crippen LogP contribution < -0.4 is 4.74 Å². The molecular weight excluding hydrogens is 602 g/mol. The maximum absolute atomic E-state index is 13.6. The molecule has 2 aliphatic heterocycles. The lowest BCUT2D eigenvalue weighted by Crippen LogP contribution is -2.58. The number of carbonyl (C=O) groups is 1. The molecule has 1 amide bonds. The third kappa shape index (κ3) is 5.99. The van der Waals surface area contributed by atoms with Crippen LogP contribution in [0.3, 0.4) is 0 Å². The first-order valence-corrected chi connectivity index (χ1v) is 14.0. The van der Waals surface area contributed by atoms with E-state index in [0.717, 1.165) is 12.3 Å². The number of nitrogens with zero attached hydrogens (tertiary/aromatic N) is 4. The number of amides is 1. The number of likely N-dealkylation sites (tertiary alicyclic amines) is 2. The highest BCUT2D eigenvalue weighted by Crippen LogP contribution is 2.45. The smallest absolute Gasteiger partial charge is 0.433 e. The van der Waals surface area contributed by atoms with Gasteiger partial charge in [-0.2, -0.15) is 26.3 Å². The molecule has 232 valence electrons. The van der Waals surface area contributed by atoms with Crippen LogP contribution in [0, 0.1) is 11.8 Å². The molecule has 5 rings (SSSR count). The lowest BCUT2D eigenvalue weighted by molar-refractivity contribution is -0.185. The van der Waals surface area contributed by atoms with Gasteiger partial charge >= 0.3 is 12.4 Å². The minimum Gasteiger partial charge on any atom is -0.481 e. The van der Waals surface area contributed by atoms with Crippen LogP contribution in [0.4, 0.5) is 26.3 Å². The van der Waals surface area contributed by atoms with E-state index in [1.165, 1.54) is 31.1 Å². The molecule has 3 aromatic rings. The molecule has 0 bridgehead atoms. The molecule has 1 atom stereocenters. The molecule has 4 heterocycles. The third-order valence-electron chi connectivity index (χ3n) is 8.45. The number of piperidine rings is 1. The molecule has 2 fully saturated rings. The average Bonchev–Trinajstić information content (AvgIpc) is 2.92. The monoisotopic (exact) mass is 630 g/mol. The van der Waals surface area contributed by atoms with Gasteiger partial charge in [0.1, 0.15) is 11.3 Å². The van der Waals surface area contributed by atoms with Crippen molar-refractivity contribution in [2.24, 2.45) is 11.8 Å². The molecular formula is C29H29ClF6N4O3. The third-order valence-corrected chi connectivity index (χ3v) is 8.88.